The Morgan fingerprint density at radius 3 is 2.58 bits per heavy atom. The lowest BCUT2D eigenvalue weighted by Gasteiger charge is -2.13. The summed E-state index contributed by atoms with van der Waals surface area (Å²) in [5, 5.41) is 6.88. The smallest absolute Gasteiger partial charge is 0.278 e. The zero-order valence-corrected chi connectivity index (χ0v) is 22.1. The fraction of sp³-hybridized carbons (Fsp3) is 0.160. The largest absolute Gasteiger partial charge is 0.360 e. The summed E-state index contributed by atoms with van der Waals surface area (Å²) in [6.45, 7) is 5.78. The van der Waals surface area contributed by atoms with Crippen LogP contribution in [0.3, 0.4) is 0 Å². The number of thiazole rings is 1. The van der Waals surface area contributed by atoms with Crippen molar-refractivity contribution in [1.82, 2.24) is 19.3 Å². The molecule has 0 spiro atoms. The van der Waals surface area contributed by atoms with Crippen molar-refractivity contribution in [3.8, 4) is 11.4 Å². The Morgan fingerprint density at radius 2 is 1.89 bits per heavy atom. The Hall–Kier alpha value is -3.54. The summed E-state index contributed by atoms with van der Waals surface area (Å²) in [6, 6.07) is 16.9. The SMILES string of the molecule is Cc1ccc(-n2c(=S)sc3c(=O)n(-c4ccccc4)c(SCC(=O)Nc4cc(C)on4)nc32)c(C)c1. The van der Waals surface area contributed by atoms with E-state index in [9.17, 15) is 9.59 Å². The van der Waals surface area contributed by atoms with Crippen LogP contribution in [-0.2, 0) is 4.79 Å². The molecule has 1 amide bonds. The molecule has 0 radical (unpaired) electrons. The second kappa shape index (κ2) is 9.84. The molecule has 0 unspecified atom stereocenters. The molecule has 0 aliphatic carbocycles. The Morgan fingerprint density at radius 1 is 1.11 bits per heavy atom. The number of benzene rings is 2. The Balaban J connectivity index is 1.62. The molecule has 0 bridgehead atoms. The van der Waals surface area contributed by atoms with E-state index in [-0.39, 0.29) is 17.2 Å². The van der Waals surface area contributed by atoms with Gasteiger partial charge in [-0.25, -0.2) is 4.98 Å². The maximum atomic E-state index is 13.8. The zero-order chi connectivity index (χ0) is 25.4. The first kappa shape index (κ1) is 24.2. The fourth-order valence-corrected chi connectivity index (χ4v) is 5.93. The average Bonchev–Trinajstić information content (AvgIpc) is 3.40. The van der Waals surface area contributed by atoms with Crippen LogP contribution in [0.25, 0.3) is 21.7 Å². The lowest BCUT2D eigenvalue weighted by molar-refractivity contribution is -0.113. The van der Waals surface area contributed by atoms with E-state index in [0.717, 1.165) is 28.6 Å². The molecule has 2 aromatic carbocycles. The Labute approximate surface area is 219 Å². The van der Waals surface area contributed by atoms with Crippen molar-refractivity contribution in [3.63, 3.8) is 0 Å². The highest BCUT2D eigenvalue weighted by Crippen LogP contribution is 2.29. The molecule has 0 fully saturated rings. The van der Waals surface area contributed by atoms with Gasteiger partial charge in [0, 0.05) is 6.07 Å². The van der Waals surface area contributed by atoms with E-state index in [2.05, 4.69) is 16.5 Å². The van der Waals surface area contributed by atoms with Crippen LogP contribution >= 0.6 is 35.3 Å². The first-order valence-corrected chi connectivity index (χ1v) is 13.2. The number of thioether (sulfide) groups is 1. The van der Waals surface area contributed by atoms with Gasteiger partial charge in [0.15, 0.2) is 20.6 Å². The van der Waals surface area contributed by atoms with E-state index in [1.807, 2.05) is 60.9 Å². The number of fused-ring (bicyclic) bond motifs is 1. The Bertz CT molecular complexity index is 1720. The van der Waals surface area contributed by atoms with Gasteiger partial charge in [-0.3, -0.25) is 18.7 Å². The van der Waals surface area contributed by atoms with E-state index in [0.29, 0.717) is 36.7 Å². The molecule has 5 rings (SSSR count). The van der Waals surface area contributed by atoms with Crippen LogP contribution in [0.5, 0.6) is 0 Å². The van der Waals surface area contributed by atoms with Gasteiger partial charge in [-0.15, -0.1) is 0 Å². The highest BCUT2D eigenvalue weighted by atomic mass is 32.2. The first-order chi connectivity index (χ1) is 17.3. The Kier molecular flexibility index (Phi) is 6.61. The number of para-hydroxylation sites is 1. The fourth-order valence-electron chi connectivity index (χ4n) is 3.84. The van der Waals surface area contributed by atoms with Gasteiger partial charge in [0.2, 0.25) is 5.91 Å². The van der Waals surface area contributed by atoms with Crippen molar-refractivity contribution >= 4 is 57.4 Å². The van der Waals surface area contributed by atoms with Crippen molar-refractivity contribution in [2.45, 2.75) is 25.9 Å². The molecule has 0 saturated carbocycles. The van der Waals surface area contributed by atoms with Gasteiger partial charge < -0.3 is 9.84 Å². The minimum absolute atomic E-state index is 0.0190. The summed E-state index contributed by atoms with van der Waals surface area (Å²) in [7, 11) is 0. The standard InChI is InChI=1S/C25H21N5O3S3/c1-14-9-10-18(15(2)11-14)30-22-21(36-25(30)34)23(32)29(17-7-5-4-6-8-17)24(27-22)35-13-20(31)26-19-12-16(3)33-28-19/h4-12H,13H2,1-3H3,(H,26,28,31). The van der Waals surface area contributed by atoms with Crippen molar-refractivity contribution in [2.24, 2.45) is 0 Å². The van der Waals surface area contributed by atoms with Crippen LogP contribution < -0.4 is 10.9 Å². The van der Waals surface area contributed by atoms with Gasteiger partial charge in [0.1, 0.15) is 10.5 Å². The predicted octanol–water partition coefficient (Wildman–Crippen LogP) is 5.61. The van der Waals surface area contributed by atoms with E-state index < -0.39 is 0 Å². The number of aryl methyl sites for hydroxylation is 3. The third-order valence-electron chi connectivity index (χ3n) is 5.41. The quantitative estimate of drug-likeness (QED) is 0.171. The summed E-state index contributed by atoms with van der Waals surface area (Å²) in [6.07, 6.45) is 0. The van der Waals surface area contributed by atoms with Gasteiger partial charge in [-0.1, -0.05) is 64.2 Å². The number of amides is 1. The molecule has 0 aliphatic rings. The maximum absolute atomic E-state index is 13.8. The van der Waals surface area contributed by atoms with Gasteiger partial charge in [-0.05, 0) is 56.8 Å². The summed E-state index contributed by atoms with van der Waals surface area (Å²) in [5.74, 6) is 0.656. The van der Waals surface area contributed by atoms with Gasteiger partial charge >= 0.3 is 0 Å². The van der Waals surface area contributed by atoms with E-state index in [1.165, 1.54) is 15.9 Å². The van der Waals surface area contributed by atoms with Crippen LogP contribution in [0.1, 0.15) is 16.9 Å². The van der Waals surface area contributed by atoms with E-state index in [1.54, 1.807) is 13.0 Å². The molecule has 182 valence electrons. The third-order valence-corrected chi connectivity index (χ3v) is 7.70. The molecule has 11 heteroatoms. The van der Waals surface area contributed by atoms with Crippen LogP contribution in [-0.4, -0.2) is 30.9 Å². The number of aromatic nitrogens is 4. The van der Waals surface area contributed by atoms with Crippen LogP contribution in [0.15, 0.2) is 69.1 Å². The monoisotopic (exact) mass is 535 g/mol. The number of rotatable bonds is 6. The van der Waals surface area contributed by atoms with Crippen molar-refractivity contribution in [3.05, 3.63) is 85.8 Å². The summed E-state index contributed by atoms with van der Waals surface area (Å²) in [5.41, 5.74) is 3.92. The molecule has 3 aromatic heterocycles. The van der Waals surface area contributed by atoms with E-state index >= 15 is 0 Å². The molecular weight excluding hydrogens is 515 g/mol. The lowest BCUT2D eigenvalue weighted by atomic mass is 10.1. The number of anilines is 1. The lowest BCUT2D eigenvalue weighted by Crippen LogP contribution is -2.22. The van der Waals surface area contributed by atoms with Crippen LogP contribution in [0.4, 0.5) is 5.82 Å². The molecule has 0 saturated heterocycles. The second-order valence-electron chi connectivity index (χ2n) is 8.18. The van der Waals surface area contributed by atoms with Gasteiger partial charge in [0.25, 0.3) is 5.56 Å². The molecule has 0 aliphatic heterocycles. The number of nitrogens with one attached hydrogen (secondary N) is 1. The summed E-state index contributed by atoms with van der Waals surface area (Å²) in [4.78, 5) is 31.2. The molecule has 8 nitrogen and oxygen atoms in total. The number of hydrogen-bond donors (Lipinski definition) is 1. The van der Waals surface area contributed by atoms with Gasteiger partial charge in [0.05, 0.1) is 17.1 Å². The molecule has 1 N–H and O–H groups in total. The minimum atomic E-state index is -0.293. The summed E-state index contributed by atoms with van der Waals surface area (Å²) < 4.78 is 9.35. The second-order valence-corrected chi connectivity index (χ2v) is 10.8. The highest BCUT2D eigenvalue weighted by Gasteiger charge is 2.20. The third kappa shape index (κ3) is 4.64. The van der Waals surface area contributed by atoms with Crippen LogP contribution in [0.2, 0.25) is 0 Å². The molecule has 3 heterocycles. The minimum Gasteiger partial charge on any atom is -0.360 e. The number of carbonyl (C=O) groups excluding carboxylic acids is 1. The number of hydrogen-bond acceptors (Lipinski definition) is 8. The average molecular weight is 536 g/mol. The molecule has 0 atom stereocenters. The van der Waals surface area contributed by atoms with Gasteiger partial charge in [-0.2, -0.15) is 0 Å². The summed E-state index contributed by atoms with van der Waals surface area (Å²) >= 11 is 8.08. The van der Waals surface area contributed by atoms with Crippen molar-refractivity contribution in [1.29, 1.82) is 0 Å². The number of carbonyl (C=O) groups is 1. The highest BCUT2D eigenvalue weighted by molar-refractivity contribution is 7.99. The number of nitrogens with zero attached hydrogens (tertiary/aromatic N) is 4. The molecular formula is C25H21N5O3S3. The van der Waals surface area contributed by atoms with Crippen LogP contribution in [0, 0.1) is 24.7 Å². The predicted molar refractivity (Wildman–Crippen MR) is 145 cm³/mol. The van der Waals surface area contributed by atoms with E-state index in [4.69, 9.17) is 21.7 Å². The van der Waals surface area contributed by atoms with Crippen molar-refractivity contribution in [2.75, 3.05) is 11.1 Å². The zero-order valence-electron chi connectivity index (χ0n) is 19.6. The molecule has 5 aromatic rings. The molecule has 36 heavy (non-hydrogen) atoms. The van der Waals surface area contributed by atoms with Crippen molar-refractivity contribution < 1.29 is 9.32 Å². The topological polar surface area (TPSA) is 95.0 Å². The normalized spacial score (nSPS) is 11.2. The first-order valence-electron chi connectivity index (χ1n) is 11.0. The maximum Gasteiger partial charge on any atom is 0.278 e.